The van der Waals surface area contributed by atoms with Crippen molar-refractivity contribution in [1.82, 2.24) is 4.90 Å². The Morgan fingerprint density at radius 3 is 2.71 bits per heavy atom. The van der Waals surface area contributed by atoms with E-state index in [-0.39, 0.29) is 30.5 Å². The van der Waals surface area contributed by atoms with E-state index in [4.69, 9.17) is 0 Å². The van der Waals surface area contributed by atoms with Crippen molar-refractivity contribution in [3.8, 4) is 11.1 Å². The quantitative estimate of drug-likeness (QED) is 0.893. The van der Waals surface area contributed by atoms with Crippen LogP contribution >= 0.6 is 0 Å². The van der Waals surface area contributed by atoms with Crippen LogP contribution < -0.4 is 5.32 Å². The standard InChI is InChI=1S/C20H22N2O2/c1-13(24)22-10-9-16-19(12-23)21-18-8-7-15(11-17(18)20(16)22)14-5-3-2-4-6-14/h2-8,11,16,19-21,23H,9-10,12H2,1H3/t16-,19-,20-/m1/s1. The molecule has 0 bridgehead atoms. The topological polar surface area (TPSA) is 52.6 Å². The fourth-order valence-corrected chi connectivity index (χ4v) is 4.23. The van der Waals surface area contributed by atoms with Gasteiger partial charge in [-0.05, 0) is 35.2 Å². The molecule has 2 aliphatic rings. The van der Waals surface area contributed by atoms with Crippen LogP contribution in [0, 0.1) is 5.92 Å². The second kappa shape index (κ2) is 5.95. The lowest BCUT2D eigenvalue weighted by molar-refractivity contribution is -0.130. The smallest absolute Gasteiger partial charge is 0.219 e. The number of likely N-dealkylation sites (tertiary alicyclic amines) is 1. The highest BCUT2D eigenvalue weighted by Crippen LogP contribution is 2.47. The molecule has 24 heavy (non-hydrogen) atoms. The largest absolute Gasteiger partial charge is 0.394 e. The van der Waals surface area contributed by atoms with Crippen LogP contribution in [0.15, 0.2) is 48.5 Å². The number of carbonyl (C=O) groups excluding carboxylic acids is 1. The first kappa shape index (κ1) is 15.2. The molecule has 2 N–H and O–H groups in total. The second-order valence-corrected chi connectivity index (χ2v) is 6.71. The van der Waals surface area contributed by atoms with Gasteiger partial charge in [-0.2, -0.15) is 0 Å². The van der Waals surface area contributed by atoms with Crippen LogP contribution in [0.1, 0.15) is 24.9 Å². The summed E-state index contributed by atoms with van der Waals surface area (Å²) in [4.78, 5) is 14.1. The van der Waals surface area contributed by atoms with E-state index >= 15 is 0 Å². The molecule has 124 valence electrons. The van der Waals surface area contributed by atoms with E-state index in [9.17, 15) is 9.90 Å². The highest BCUT2D eigenvalue weighted by molar-refractivity contribution is 5.76. The van der Waals surface area contributed by atoms with E-state index in [1.165, 1.54) is 11.1 Å². The Kier molecular flexibility index (Phi) is 3.77. The van der Waals surface area contributed by atoms with Crippen molar-refractivity contribution in [1.29, 1.82) is 0 Å². The number of benzene rings is 2. The predicted molar refractivity (Wildman–Crippen MR) is 94.6 cm³/mol. The molecule has 2 heterocycles. The zero-order chi connectivity index (χ0) is 16.7. The summed E-state index contributed by atoms with van der Waals surface area (Å²) >= 11 is 0. The summed E-state index contributed by atoms with van der Waals surface area (Å²) in [6.45, 7) is 2.49. The zero-order valence-corrected chi connectivity index (χ0v) is 13.8. The van der Waals surface area contributed by atoms with E-state index in [0.717, 1.165) is 24.2 Å². The normalized spacial score (nSPS) is 24.9. The molecule has 2 aromatic carbocycles. The maximum Gasteiger partial charge on any atom is 0.219 e. The molecule has 0 aromatic heterocycles. The van der Waals surface area contributed by atoms with Crippen molar-refractivity contribution in [3.05, 3.63) is 54.1 Å². The van der Waals surface area contributed by atoms with Gasteiger partial charge in [0, 0.05) is 25.1 Å². The summed E-state index contributed by atoms with van der Waals surface area (Å²) in [5.74, 6) is 0.370. The first-order valence-corrected chi connectivity index (χ1v) is 8.53. The Balaban J connectivity index is 1.81. The molecule has 0 aliphatic carbocycles. The second-order valence-electron chi connectivity index (χ2n) is 6.71. The van der Waals surface area contributed by atoms with Crippen LogP contribution in [0.25, 0.3) is 11.1 Å². The van der Waals surface area contributed by atoms with E-state index in [1.807, 2.05) is 23.1 Å². The van der Waals surface area contributed by atoms with Gasteiger partial charge in [0.1, 0.15) is 0 Å². The highest BCUT2D eigenvalue weighted by Gasteiger charge is 2.44. The van der Waals surface area contributed by atoms with Crippen LogP contribution in [-0.4, -0.2) is 35.1 Å². The predicted octanol–water partition coefficient (Wildman–Crippen LogP) is 3.05. The number of hydrogen-bond donors (Lipinski definition) is 2. The molecule has 1 fully saturated rings. The lowest BCUT2D eigenvalue weighted by Gasteiger charge is -2.39. The third-order valence-electron chi connectivity index (χ3n) is 5.38. The Hall–Kier alpha value is -2.33. The van der Waals surface area contributed by atoms with Crippen molar-refractivity contribution in [2.45, 2.75) is 25.4 Å². The molecule has 2 aliphatic heterocycles. The summed E-state index contributed by atoms with van der Waals surface area (Å²) in [7, 11) is 0. The van der Waals surface area contributed by atoms with Gasteiger partial charge < -0.3 is 15.3 Å². The number of aliphatic hydroxyl groups is 1. The minimum Gasteiger partial charge on any atom is -0.394 e. The summed E-state index contributed by atoms with van der Waals surface area (Å²) in [6.07, 6.45) is 0.928. The summed E-state index contributed by atoms with van der Waals surface area (Å²) in [5, 5.41) is 13.2. The van der Waals surface area contributed by atoms with Gasteiger partial charge in [0.15, 0.2) is 0 Å². The Bertz CT molecular complexity index is 759. The van der Waals surface area contributed by atoms with Crippen molar-refractivity contribution >= 4 is 11.6 Å². The van der Waals surface area contributed by atoms with Crippen LogP contribution in [0.2, 0.25) is 0 Å². The summed E-state index contributed by atoms with van der Waals surface area (Å²) < 4.78 is 0. The lowest BCUT2D eigenvalue weighted by atomic mass is 9.82. The highest BCUT2D eigenvalue weighted by atomic mass is 16.3. The van der Waals surface area contributed by atoms with Crippen molar-refractivity contribution < 1.29 is 9.90 Å². The molecule has 0 saturated carbocycles. The molecule has 4 rings (SSSR count). The number of aliphatic hydroxyl groups excluding tert-OH is 1. The number of rotatable bonds is 2. The summed E-state index contributed by atoms with van der Waals surface area (Å²) in [5.41, 5.74) is 4.53. The van der Waals surface area contributed by atoms with Gasteiger partial charge in [-0.15, -0.1) is 0 Å². The Labute approximate surface area is 142 Å². The van der Waals surface area contributed by atoms with Crippen molar-refractivity contribution in [2.24, 2.45) is 5.92 Å². The number of carbonyl (C=O) groups is 1. The maximum absolute atomic E-state index is 12.1. The first-order chi connectivity index (χ1) is 11.7. The van der Waals surface area contributed by atoms with Crippen molar-refractivity contribution in [2.75, 3.05) is 18.5 Å². The van der Waals surface area contributed by atoms with Gasteiger partial charge in [0.25, 0.3) is 0 Å². The molecular formula is C20H22N2O2. The van der Waals surface area contributed by atoms with Crippen molar-refractivity contribution in [3.63, 3.8) is 0 Å². The van der Waals surface area contributed by atoms with Gasteiger partial charge >= 0.3 is 0 Å². The van der Waals surface area contributed by atoms with Crippen LogP contribution in [0.3, 0.4) is 0 Å². The van der Waals surface area contributed by atoms with Gasteiger partial charge in [-0.3, -0.25) is 4.79 Å². The van der Waals surface area contributed by atoms with E-state index in [0.29, 0.717) is 0 Å². The van der Waals surface area contributed by atoms with Crippen LogP contribution in [0.4, 0.5) is 5.69 Å². The molecule has 4 nitrogen and oxygen atoms in total. The average molecular weight is 322 g/mol. The molecule has 2 aromatic rings. The SMILES string of the molecule is CC(=O)N1CC[C@@H]2[C@@H](CO)Nc3ccc(-c4ccccc4)cc3[C@@H]21. The van der Waals surface area contributed by atoms with E-state index in [1.54, 1.807) is 6.92 Å². The van der Waals surface area contributed by atoms with Gasteiger partial charge in [0.05, 0.1) is 18.7 Å². The lowest BCUT2D eigenvalue weighted by Crippen LogP contribution is -2.42. The summed E-state index contributed by atoms with van der Waals surface area (Å²) in [6, 6.07) is 16.7. The van der Waals surface area contributed by atoms with Crippen LogP contribution in [0.5, 0.6) is 0 Å². The zero-order valence-electron chi connectivity index (χ0n) is 13.8. The minimum absolute atomic E-state index is 0.00873. The van der Waals surface area contributed by atoms with E-state index in [2.05, 4.69) is 35.6 Å². The molecule has 4 heteroatoms. The molecule has 1 saturated heterocycles. The number of anilines is 1. The fourth-order valence-electron chi connectivity index (χ4n) is 4.23. The molecule has 0 unspecified atom stereocenters. The number of nitrogens with zero attached hydrogens (tertiary/aromatic N) is 1. The third kappa shape index (κ3) is 2.38. The Morgan fingerprint density at radius 1 is 1.21 bits per heavy atom. The molecular weight excluding hydrogens is 300 g/mol. The monoisotopic (exact) mass is 322 g/mol. The van der Waals surface area contributed by atoms with Gasteiger partial charge in [-0.1, -0.05) is 36.4 Å². The average Bonchev–Trinajstić information content (AvgIpc) is 3.07. The minimum atomic E-state index is 0.00873. The van der Waals surface area contributed by atoms with Gasteiger partial charge in [0.2, 0.25) is 5.91 Å². The third-order valence-corrected chi connectivity index (χ3v) is 5.38. The van der Waals surface area contributed by atoms with E-state index < -0.39 is 0 Å². The maximum atomic E-state index is 12.1. The number of fused-ring (bicyclic) bond motifs is 3. The van der Waals surface area contributed by atoms with Gasteiger partial charge in [-0.25, -0.2) is 0 Å². The van der Waals surface area contributed by atoms with Crippen LogP contribution in [-0.2, 0) is 4.79 Å². The molecule has 1 amide bonds. The molecule has 0 radical (unpaired) electrons. The first-order valence-electron chi connectivity index (χ1n) is 8.53. The number of hydrogen-bond acceptors (Lipinski definition) is 3. The number of nitrogens with one attached hydrogen (secondary N) is 1. The molecule has 0 spiro atoms. The number of amides is 1. The fraction of sp³-hybridized carbons (Fsp3) is 0.350. The Morgan fingerprint density at radius 2 is 2.00 bits per heavy atom. The molecule has 3 atom stereocenters.